The molecular formula is C16H21NO3. The predicted octanol–water partition coefficient (Wildman–Crippen LogP) is 3.16. The van der Waals surface area contributed by atoms with Gasteiger partial charge in [0.2, 0.25) is 0 Å². The van der Waals surface area contributed by atoms with Crippen molar-refractivity contribution >= 4 is 11.9 Å². The van der Waals surface area contributed by atoms with Crippen molar-refractivity contribution in [3.63, 3.8) is 0 Å². The van der Waals surface area contributed by atoms with Crippen LogP contribution >= 0.6 is 0 Å². The van der Waals surface area contributed by atoms with E-state index in [0.717, 1.165) is 24.8 Å². The molecule has 0 aromatic heterocycles. The van der Waals surface area contributed by atoms with Crippen LogP contribution in [0.3, 0.4) is 0 Å². The molecular weight excluding hydrogens is 254 g/mol. The second-order valence-corrected chi connectivity index (χ2v) is 5.13. The Kier molecular flexibility index (Phi) is 5.59. The number of hydrogen-bond donors (Lipinski definition) is 0. The summed E-state index contributed by atoms with van der Waals surface area (Å²) < 4.78 is 5.33. The minimum Gasteiger partial charge on any atom is -0.445 e. The molecule has 1 heterocycles. The van der Waals surface area contributed by atoms with Gasteiger partial charge in [-0.2, -0.15) is 0 Å². The molecule has 0 atom stereocenters. The van der Waals surface area contributed by atoms with Crippen molar-refractivity contribution in [3.8, 4) is 0 Å². The lowest BCUT2D eigenvalue weighted by Crippen LogP contribution is -2.33. The van der Waals surface area contributed by atoms with Gasteiger partial charge in [0.15, 0.2) is 0 Å². The first kappa shape index (κ1) is 14.6. The Hall–Kier alpha value is -1.84. The van der Waals surface area contributed by atoms with Crippen LogP contribution in [0, 0.1) is 0 Å². The molecule has 1 saturated heterocycles. The fourth-order valence-electron chi connectivity index (χ4n) is 2.32. The van der Waals surface area contributed by atoms with E-state index in [2.05, 4.69) is 0 Å². The van der Waals surface area contributed by atoms with Gasteiger partial charge in [-0.3, -0.25) is 4.79 Å². The number of hydrogen-bond acceptors (Lipinski definition) is 3. The van der Waals surface area contributed by atoms with Gasteiger partial charge in [0.25, 0.3) is 0 Å². The fraction of sp³-hybridized carbons (Fsp3) is 0.500. The second-order valence-electron chi connectivity index (χ2n) is 5.13. The quantitative estimate of drug-likeness (QED) is 0.833. The van der Waals surface area contributed by atoms with Crippen molar-refractivity contribution < 1.29 is 14.3 Å². The molecule has 0 spiro atoms. The van der Waals surface area contributed by atoms with Gasteiger partial charge in [-0.15, -0.1) is 0 Å². The summed E-state index contributed by atoms with van der Waals surface area (Å²) in [7, 11) is 0. The molecule has 0 radical (unpaired) electrons. The summed E-state index contributed by atoms with van der Waals surface area (Å²) >= 11 is 0. The van der Waals surface area contributed by atoms with Crippen molar-refractivity contribution in [2.75, 3.05) is 13.1 Å². The van der Waals surface area contributed by atoms with Gasteiger partial charge in [0, 0.05) is 25.9 Å². The van der Waals surface area contributed by atoms with Crippen LogP contribution in [0.4, 0.5) is 4.79 Å². The molecule has 1 aromatic rings. The minimum atomic E-state index is -0.275. The molecule has 0 aliphatic carbocycles. The summed E-state index contributed by atoms with van der Waals surface area (Å²) in [5, 5.41) is 0. The van der Waals surface area contributed by atoms with Crippen molar-refractivity contribution in [1.29, 1.82) is 0 Å². The molecule has 4 heteroatoms. The standard InChI is InChI=1S/C16H21NO3/c18-15-9-4-5-11-17(12-6-10-15)16(19)20-13-14-7-2-1-3-8-14/h1-3,7-8H,4-6,9-13H2. The largest absolute Gasteiger partial charge is 0.445 e. The zero-order chi connectivity index (χ0) is 14.2. The van der Waals surface area contributed by atoms with Crippen LogP contribution in [0.1, 0.15) is 37.7 Å². The number of amides is 1. The molecule has 2 rings (SSSR count). The number of rotatable bonds is 2. The maximum Gasteiger partial charge on any atom is 0.410 e. The lowest BCUT2D eigenvalue weighted by molar-refractivity contribution is -0.119. The number of carbonyl (C=O) groups excluding carboxylic acids is 2. The highest BCUT2D eigenvalue weighted by atomic mass is 16.6. The first-order chi connectivity index (χ1) is 9.75. The normalized spacial score (nSPS) is 17.0. The second kappa shape index (κ2) is 7.68. The molecule has 4 nitrogen and oxygen atoms in total. The van der Waals surface area contributed by atoms with Crippen LogP contribution < -0.4 is 0 Å². The SMILES string of the molecule is O=C1CCCCN(C(=O)OCc2ccccc2)CCC1. The molecule has 20 heavy (non-hydrogen) atoms. The Morgan fingerprint density at radius 2 is 1.75 bits per heavy atom. The van der Waals surface area contributed by atoms with E-state index in [1.807, 2.05) is 30.3 Å². The van der Waals surface area contributed by atoms with Crippen LogP contribution in [-0.4, -0.2) is 29.9 Å². The number of ketones is 1. The Bertz CT molecular complexity index is 444. The summed E-state index contributed by atoms with van der Waals surface area (Å²) in [6.45, 7) is 1.59. The van der Waals surface area contributed by atoms with Crippen LogP contribution in [0.15, 0.2) is 30.3 Å². The summed E-state index contributed by atoms with van der Waals surface area (Å²) in [5.74, 6) is 0.310. The molecule has 1 aliphatic rings. The molecule has 108 valence electrons. The number of carbonyl (C=O) groups is 2. The molecule has 1 aromatic carbocycles. The van der Waals surface area contributed by atoms with E-state index >= 15 is 0 Å². The zero-order valence-electron chi connectivity index (χ0n) is 11.7. The number of nitrogens with zero attached hydrogens (tertiary/aromatic N) is 1. The molecule has 1 amide bonds. The number of ether oxygens (including phenoxy) is 1. The van der Waals surface area contributed by atoms with Crippen LogP contribution in [0.5, 0.6) is 0 Å². The third-order valence-corrected chi connectivity index (χ3v) is 3.48. The minimum absolute atomic E-state index is 0.275. The fourth-order valence-corrected chi connectivity index (χ4v) is 2.32. The zero-order valence-corrected chi connectivity index (χ0v) is 11.7. The first-order valence-electron chi connectivity index (χ1n) is 7.23. The average Bonchev–Trinajstić information content (AvgIpc) is 2.58. The van der Waals surface area contributed by atoms with Crippen molar-refractivity contribution in [1.82, 2.24) is 4.90 Å². The van der Waals surface area contributed by atoms with Gasteiger partial charge >= 0.3 is 6.09 Å². The van der Waals surface area contributed by atoms with Crippen LogP contribution in [-0.2, 0) is 16.1 Å². The topological polar surface area (TPSA) is 46.6 Å². The van der Waals surface area contributed by atoms with E-state index in [1.165, 1.54) is 0 Å². The molecule has 1 fully saturated rings. The van der Waals surface area contributed by atoms with E-state index in [9.17, 15) is 9.59 Å². The summed E-state index contributed by atoms with van der Waals surface area (Å²) in [4.78, 5) is 25.2. The van der Waals surface area contributed by atoms with Crippen LogP contribution in [0.25, 0.3) is 0 Å². The number of benzene rings is 1. The lowest BCUT2D eigenvalue weighted by Gasteiger charge is -2.21. The van der Waals surface area contributed by atoms with Crippen molar-refractivity contribution in [3.05, 3.63) is 35.9 Å². The summed E-state index contributed by atoms with van der Waals surface area (Å²) in [6.07, 6.45) is 3.41. The molecule has 1 aliphatic heterocycles. The highest BCUT2D eigenvalue weighted by Crippen LogP contribution is 2.11. The summed E-state index contributed by atoms with van der Waals surface area (Å²) in [5.41, 5.74) is 0.986. The van der Waals surface area contributed by atoms with Gasteiger partial charge in [0.1, 0.15) is 12.4 Å². The Morgan fingerprint density at radius 1 is 1.05 bits per heavy atom. The maximum absolute atomic E-state index is 12.0. The number of Topliss-reactive ketones (excluding diaryl/α,β-unsaturated/α-hetero) is 1. The van der Waals surface area contributed by atoms with E-state index in [-0.39, 0.29) is 6.09 Å². The van der Waals surface area contributed by atoms with E-state index in [4.69, 9.17) is 4.74 Å². The Balaban J connectivity index is 1.82. The van der Waals surface area contributed by atoms with E-state index in [1.54, 1.807) is 4.90 Å². The van der Waals surface area contributed by atoms with Gasteiger partial charge in [-0.25, -0.2) is 4.79 Å². The highest BCUT2D eigenvalue weighted by Gasteiger charge is 2.17. The van der Waals surface area contributed by atoms with Crippen molar-refractivity contribution in [2.24, 2.45) is 0 Å². The highest BCUT2D eigenvalue weighted by molar-refractivity contribution is 5.78. The van der Waals surface area contributed by atoms with Gasteiger partial charge in [0.05, 0.1) is 0 Å². The smallest absolute Gasteiger partial charge is 0.410 e. The Labute approximate surface area is 119 Å². The van der Waals surface area contributed by atoms with E-state index in [0.29, 0.717) is 38.3 Å². The third-order valence-electron chi connectivity index (χ3n) is 3.48. The Morgan fingerprint density at radius 3 is 2.55 bits per heavy atom. The summed E-state index contributed by atoms with van der Waals surface area (Å²) in [6, 6.07) is 9.66. The van der Waals surface area contributed by atoms with Gasteiger partial charge < -0.3 is 9.64 Å². The third kappa shape index (κ3) is 4.68. The predicted molar refractivity (Wildman–Crippen MR) is 76.3 cm³/mol. The monoisotopic (exact) mass is 275 g/mol. The molecule has 0 unspecified atom stereocenters. The molecule has 0 bridgehead atoms. The molecule has 0 N–H and O–H groups in total. The van der Waals surface area contributed by atoms with Gasteiger partial charge in [-0.1, -0.05) is 30.3 Å². The molecule has 0 saturated carbocycles. The average molecular weight is 275 g/mol. The van der Waals surface area contributed by atoms with Crippen LogP contribution in [0.2, 0.25) is 0 Å². The van der Waals surface area contributed by atoms with Crippen molar-refractivity contribution in [2.45, 2.75) is 38.7 Å². The van der Waals surface area contributed by atoms with E-state index < -0.39 is 0 Å². The lowest BCUT2D eigenvalue weighted by atomic mass is 10.1. The van der Waals surface area contributed by atoms with Gasteiger partial charge in [-0.05, 0) is 24.8 Å². The maximum atomic E-state index is 12.0. The first-order valence-corrected chi connectivity index (χ1v) is 7.23.